The summed E-state index contributed by atoms with van der Waals surface area (Å²) < 4.78 is 2.01. The summed E-state index contributed by atoms with van der Waals surface area (Å²) in [6.45, 7) is 5.66. The fourth-order valence-electron chi connectivity index (χ4n) is 1.92. The number of aromatic nitrogens is 3. The Bertz CT molecular complexity index is 582. The zero-order valence-corrected chi connectivity index (χ0v) is 11.2. The summed E-state index contributed by atoms with van der Waals surface area (Å²) in [5.74, 6) is 0.922. The van der Waals surface area contributed by atoms with Crippen molar-refractivity contribution in [1.29, 1.82) is 5.26 Å². The molecule has 5 heteroatoms. The highest BCUT2D eigenvalue weighted by atomic mass is 15.3. The highest BCUT2D eigenvalue weighted by molar-refractivity contribution is 5.34. The highest BCUT2D eigenvalue weighted by Crippen LogP contribution is 2.14. The normalized spacial score (nSPS) is 12.1. The van der Waals surface area contributed by atoms with Crippen molar-refractivity contribution in [2.24, 2.45) is 0 Å². The van der Waals surface area contributed by atoms with Gasteiger partial charge in [-0.1, -0.05) is 12.1 Å². The third-order valence-electron chi connectivity index (χ3n) is 3.12. The van der Waals surface area contributed by atoms with Crippen molar-refractivity contribution in [2.75, 3.05) is 0 Å². The molecule has 0 aliphatic carbocycles. The van der Waals surface area contributed by atoms with E-state index in [0.29, 0.717) is 12.1 Å². The van der Waals surface area contributed by atoms with Gasteiger partial charge in [0, 0.05) is 12.6 Å². The summed E-state index contributed by atoms with van der Waals surface area (Å²) in [7, 11) is 0. The molecule has 1 N–H and O–H groups in total. The van der Waals surface area contributed by atoms with Crippen LogP contribution in [0, 0.1) is 11.3 Å². The Balaban J connectivity index is 2.01. The standard InChI is InChI=1S/C14H17N5/c1-3-19-10-17-18-14(19)9-16-11(2)13-6-4-5-12(7-13)8-15/h4-7,10-11,16H,3,9H2,1-2H3. The van der Waals surface area contributed by atoms with Gasteiger partial charge in [0.1, 0.15) is 12.2 Å². The lowest BCUT2D eigenvalue weighted by atomic mass is 10.1. The molecule has 0 aliphatic rings. The van der Waals surface area contributed by atoms with Crippen LogP contribution in [0.3, 0.4) is 0 Å². The van der Waals surface area contributed by atoms with Crippen molar-refractivity contribution in [3.8, 4) is 6.07 Å². The zero-order chi connectivity index (χ0) is 13.7. The molecule has 98 valence electrons. The molecular formula is C14H17N5. The van der Waals surface area contributed by atoms with Crippen molar-refractivity contribution in [2.45, 2.75) is 33.0 Å². The summed E-state index contributed by atoms with van der Waals surface area (Å²) in [6.07, 6.45) is 1.73. The largest absolute Gasteiger partial charge is 0.317 e. The number of hydrogen-bond acceptors (Lipinski definition) is 4. The van der Waals surface area contributed by atoms with Gasteiger partial charge in [-0.3, -0.25) is 0 Å². The second-order valence-electron chi connectivity index (χ2n) is 4.37. The van der Waals surface area contributed by atoms with Crippen LogP contribution < -0.4 is 5.32 Å². The fraction of sp³-hybridized carbons (Fsp3) is 0.357. The third kappa shape index (κ3) is 3.18. The molecule has 0 spiro atoms. The van der Waals surface area contributed by atoms with Gasteiger partial charge >= 0.3 is 0 Å². The molecule has 19 heavy (non-hydrogen) atoms. The molecule has 2 aromatic rings. The van der Waals surface area contributed by atoms with Crippen LogP contribution in [0.15, 0.2) is 30.6 Å². The van der Waals surface area contributed by atoms with Crippen molar-refractivity contribution in [3.05, 3.63) is 47.5 Å². The zero-order valence-electron chi connectivity index (χ0n) is 11.2. The van der Waals surface area contributed by atoms with Gasteiger partial charge in [-0.05, 0) is 31.5 Å². The Kier molecular flexibility index (Phi) is 4.26. The smallest absolute Gasteiger partial charge is 0.146 e. The van der Waals surface area contributed by atoms with E-state index in [1.807, 2.05) is 28.8 Å². The van der Waals surface area contributed by atoms with E-state index in [-0.39, 0.29) is 6.04 Å². The van der Waals surface area contributed by atoms with E-state index >= 15 is 0 Å². The Morgan fingerprint density at radius 2 is 2.32 bits per heavy atom. The summed E-state index contributed by atoms with van der Waals surface area (Å²) in [6, 6.07) is 9.95. The van der Waals surface area contributed by atoms with Crippen LogP contribution in [-0.2, 0) is 13.1 Å². The first-order valence-corrected chi connectivity index (χ1v) is 6.34. The first kappa shape index (κ1) is 13.2. The topological polar surface area (TPSA) is 66.5 Å². The average Bonchev–Trinajstić information content (AvgIpc) is 2.92. The summed E-state index contributed by atoms with van der Waals surface area (Å²) in [5, 5.41) is 20.3. The van der Waals surface area contributed by atoms with Gasteiger partial charge in [0.05, 0.1) is 18.2 Å². The molecule has 0 fully saturated rings. The van der Waals surface area contributed by atoms with Gasteiger partial charge in [0.15, 0.2) is 0 Å². The maximum absolute atomic E-state index is 8.90. The second-order valence-corrected chi connectivity index (χ2v) is 4.37. The molecule has 0 saturated heterocycles. The van der Waals surface area contributed by atoms with Gasteiger partial charge in [0.25, 0.3) is 0 Å². The maximum Gasteiger partial charge on any atom is 0.146 e. The summed E-state index contributed by atoms with van der Waals surface area (Å²) in [5.41, 5.74) is 1.78. The predicted molar refractivity (Wildman–Crippen MR) is 72.1 cm³/mol. The quantitative estimate of drug-likeness (QED) is 0.887. The molecule has 1 aromatic heterocycles. The number of nitrogens with one attached hydrogen (secondary N) is 1. The Morgan fingerprint density at radius 1 is 1.47 bits per heavy atom. The van der Waals surface area contributed by atoms with E-state index in [1.165, 1.54) is 0 Å². The van der Waals surface area contributed by atoms with E-state index in [2.05, 4.69) is 35.4 Å². The Morgan fingerprint density at radius 3 is 3.05 bits per heavy atom. The van der Waals surface area contributed by atoms with Crippen LogP contribution in [0.2, 0.25) is 0 Å². The number of nitrogens with zero attached hydrogens (tertiary/aromatic N) is 4. The molecule has 0 aliphatic heterocycles. The molecule has 5 nitrogen and oxygen atoms in total. The molecule has 1 unspecified atom stereocenters. The van der Waals surface area contributed by atoms with Gasteiger partial charge < -0.3 is 9.88 Å². The van der Waals surface area contributed by atoms with E-state index < -0.39 is 0 Å². The molecular weight excluding hydrogens is 238 g/mol. The molecule has 0 amide bonds. The second kappa shape index (κ2) is 6.12. The van der Waals surface area contributed by atoms with Gasteiger partial charge in [-0.15, -0.1) is 10.2 Å². The van der Waals surface area contributed by atoms with Crippen LogP contribution >= 0.6 is 0 Å². The molecule has 0 saturated carbocycles. The number of hydrogen-bond donors (Lipinski definition) is 1. The summed E-state index contributed by atoms with van der Waals surface area (Å²) in [4.78, 5) is 0. The third-order valence-corrected chi connectivity index (χ3v) is 3.12. The lowest BCUT2D eigenvalue weighted by molar-refractivity contribution is 0.539. The van der Waals surface area contributed by atoms with Gasteiger partial charge in [-0.25, -0.2) is 0 Å². The van der Waals surface area contributed by atoms with Gasteiger partial charge in [-0.2, -0.15) is 5.26 Å². The van der Waals surface area contributed by atoms with E-state index in [4.69, 9.17) is 5.26 Å². The fourth-order valence-corrected chi connectivity index (χ4v) is 1.92. The van der Waals surface area contributed by atoms with Crippen LogP contribution in [0.4, 0.5) is 0 Å². The van der Waals surface area contributed by atoms with Crippen molar-refractivity contribution in [3.63, 3.8) is 0 Å². The summed E-state index contributed by atoms with van der Waals surface area (Å²) >= 11 is 0. The number of rotatable bonds is 5. The van der Waals surface area contributed by atoms with Crippen molar-refractivity contribution in [1.82, 2.24) is 20.1 Å². The SMILES string of the molecule is CCn1cnnc1CNC(C)c1cccc(C#N)c1. The average molecular weight is 255 g/mol. The van der Waals surface area contributed by atoms with Crippen LogP contribution in [0.25, 0.3) is 0 Å². The minimum absolute atomic E-state index is 0.162. The van der Waals surface area contributed by atoms with E-state index in [1.54, 1.807) is 6.33 Å². The molecule has 1 aromatic carbocycles. The van der Waals surface area contributed by atoms with Crippen molar-refractivity contribution >= 4 is 0 Å². The first-order valence-electron chi connectivity index (χ1n) is 6.34. The van der Waals surface area contributed by atoms with E-state index in [0.717, 1.165) is 17.9 Å². The highest BCUT2D eigenvalue weighted by Gasteiger charge is 2.08. The van der Waals surface area contributed by atoms with Gasteiger partial charge in [0.2, 0.25) is 0 Å². The monoisotopic (exact) mass is 255 g/mol. The number of benzene rings is 1. The number of aryl methyl sites for hydroxylation is 1. The van der Waals surface area contributed by atoms with Crippen molar-refractivity contribution < 1.29 is 0 Å². The number of nitriles is 1. The van der Waals surface area contributed by atoms with Crippen LogP contribution in [0.5, 0.6) is 0 Å². The maximum atomic E-state index is 8.90. The lowest BCUT2D eigenvalue weighted by Crippen LogP contribution is -2.20. The molecule has 0 radical (unpaired) electrons. The predicted octanol–water partition coefficient (Wildman–Crippen LogP) is 2.02. The minimum Gasteiger partial charge on any atom is -0.317 e. The first-order chi connectivity index (χ1) is 9.24. The molecule has 2 rings (SSSR count). The molecule has 1 heterocycles. The van der Waals surface area contributed by atoms with Crippen LogP contribution in [0.1, 0.15) is 36.8 Å². The van der Waals surface area contributed by atoms with E-state index in [9.17, 15) is 0 Å². The molecule has 0 bridgehead atoms. The minimum atomic E-state index is 0.162. The lowest BCUT2D eigenvalue weighted by Gasteiger charge is -2.14. The van der Waals surface area contributed by atoms with Crippen LogP contribution in [-0.4, -0.2) is 14.8 Å². The Labute approximate surface area is 112 Å². The molecule has 1 atom stereocenters. The Hall–Kier alpha value is -2.19.